The molecule has 0 spiro atoms. The number of amides is 1. The lowest BCUT2D eigenvalue weighted by atomic mass is 10.1. The van der Waals surface area contributed by atoms with Gasteiger partial charge in [-0.2, -0.15) is 0 Å². The number of nitrogens with zero attached hydrogens (tertiary/aromatic N) is 3. The molecule has 6 nitrogen and oxygen atoms in total. The molecule has 2 aliphatic carbocycles. The third-order valence-corrected chi connectivity index (χ3v) is 6.18. The maximum atomic E-state index is 12.9. The zero-order chi connectivity index (χ0) is 19.7. The van der Waals surface area contributed by atoms with Crippen molar-refractivity contribution in [3.63, 3.8) is 0 Å². The number of carbonyl (C=O) groups is 2. The zero-order valence-corrected chi connectivity index (χ0v) is 17.2. The van der Waals surface area contributed by atoms with Crippen LogP contribution in [0, 0.1) is 0 Å². The molecular formula is C21H26N4O2S. The molecule has 1 aromatic carbocycles. The van der Waals surface area contributed by atoms with E-state index in [1.54, 1.807) is 24.3 Å². The second-order valence-electron chi connectivity index (χ2n) is 7.72. The second-order valence-corrected chi connectivity index (χ2v) is 9.02. The Morgan fingerprint density at radius 3 is 2.50 bits per heavy atom. The molecule has 4 rings (SSSR count). The average Bonchev–Trinajstić information content (AvgIpc) is 3.61. The van der Waals surface area contributed by atoms with Gasteiger partial charge in [0.2, 0.25) is 5.91 Å². The first kappa shape index (κ1) is 19.2. The van der Waals surface area contributed by atoms with Gasteiger partial charge in [0.15, 0.2) is 10.9 Å². The van der Waals surface area contributed by atoms with Crippen LogP contribution in [0.1, 0.15) is 80.5 Å². The van der Waals surface area contributed by atoms with Gasteiger partial charge in [0.1, 0.15) is 5.82 Å². The molecule has 1 N–H and O–H groups in total. The molecule has 0 bridgehead atoms. The van der Waals surface area contributed by atoms with Crippen LogP contribution in [-0.4, -0.2) is 31.7 Å². The highest BCUT2D eigenvalue weighted by Gasteiger charge is 2.37. The molecular weight excluding hydrogens is 372 g/mol. The van der Waals surface area contributed by atoms with Gasteiger partial charge in [0.05, 0.1) is 5.25 Å². The number of hydrogen-bond acceptors (Lipinski definition) is 5. The van der Waals surface area contributed by atoms with Crippen LogP contribution in [0.4, 0.5) is 5.69 Å². The Morgan fingerprint density at radius 1 is 1.18 bits per heavy atom. The Labute approximate surface area is 169 Å². The van der Waals surface area contributed by atoms with E-state index in [0.29, 0.717) is 23.9 Å². The third kappa shape index (κ3) is 4.29. The molecule has 28 heavy (non-hydrogen) atoms. The van der Waals surface area contributed by atoms with Gasteiger partial charge in [0, 0.05) is 29.6 Å². The van der Waals surface area contributed by atoms with Crippen LogP contribution in [0.3, 0.4) is 0 Å². The number of nitrogens with one attached hydrogen (secondary N) is 1. The van der Waals surface area contributed by atoms with Crippen LogP contribution < -0.4 is 5.32 Å². The Bertz CT molecular complexity index is 869. The summed E-state index contributed by atoms with van der Waals surface area (Å²) >= 11 is 1.50. The van der Waals surface area contributed by atoms with Crippen LogP contribution in [0.2, 0.25) is 0 Å². The van der Waals surface area contributed by atoms with Gasteiger partial charge in [-0.25, -0.2) is 0 Å². The number of rotatable bonds is 9. The first-order chi connectivity index (χ1) is 13.6. The lowest BCUT2D eigenvalue weighted by Crippen LogP contribution is -2.15. The fourth-order valence-electron chi connectivity index (χ4n) is 3.28. The molecule has 7 heteroatoms. The van der Waals surface area contributed by atoms with E-state index in [2.05, 4.69) is 20.1 Å². The quantitative estimate of drug-likeness (QED) is 0.494. The minimum Gasteiger partial charge on any atom is -0.326 e. The molecule has 1 unspecified atom stereocenters. The van der Waals surface area contributed by atoms with Crippen molar-refractivity contribution in [1.82, 2.24) is 14.8 Å². The molecule has 1 atom stereocenters. The third-order valence-electron chi connectivity index (χ3n) is 5.13. The van der Waals surface area contributed by atoms with Gasteiger partial charge in [-0.15, -0.1) is 10.2 Å². The molecule has 1 aromatic heterocycles. The Hall–Kier alpha value is -2.15. The van der Waals surface area contributed by atoms with Crippen molar-refractivity contribution in [3.05, 3.63) is 35.7 Å². The minimum atomic E-state index is -0.241. The van der Waals surface area contributed by atoms with Crippen LogP contribution in [0.25, 0.3) is 0 Å². The molecule has 1 heterocycles. The highest BCUT2D eigenvalue weighted by molar-refractivity contribution is 8.00. The number of thioether (sulfide) groups is 1. The second kappa shape index (κ2) is 8.07. The molecule has 2 saturated carbocycles. The molecule has 2 fully saturated rings. The largest absolute Gasteiger partial charge is 0.326 e. The van der Waals surface area contributed by atoms with E-state index < -0.39 is 0 Å². The summed E-state index contributed by atoms with van der Waals surface area (Å²) in [6.07, 6.45) is 6.07. The summed E-state index contributed by atoms with van der Waals surface area (Å²) in [6.45, 7) is 3.89. The first-order valence-corrected chi connectivity index (χ1v) is 11.0. The van der Waals surface area contributed by atoms with Crippen LogP contribution in [0.5, 0.6) is 0 Å². The van der Waals surface area contributed by atoms with E-state index in [9.17, 15) is 9.59 Å². The summed E-state index contributed by atoms with van der Waals surface area (Å²) < 4.78 is 2.28. The highest BCUT2D eigenvalue weighted by Crippen LogP contribution is 2.46. The summed E-state index contributed by atoms with van der Waals surface area (Å²) in [5, 5.41) is 12.3. The van der Waals surface area contributed by atoms with E-state index in [0.717, 1.165) is 23.1 Å². The summed E-state index contributed by atoms with van der Waals surface area (Å²) in [6, 6.07) is 7.65. The normalized spacial score (nSPS) is 17.4. The molecule has 0 saturated heterocycles. The number of benzene rings is 1. The van der Waals surface area contributed by atoms with Gasteiger partial charge < -0.3 is 9.88 Å². The van der Waals surface area contributed by atoms with E-state index in [4.69, 9.17) is 0 Å². The Balaban J connectivity index is 1.42. The molecule has 0 aliphatic heterocycles. The lowest BCUT2D eigenvalue weighted by molar-refractivity contribution is -0.116. The van der Waals surface area contributed by atoms with Crippen LogP contribution in [-0.2, 0) is 4.79 Å². The summed E-state index contributed by atoms with van der Waals surface area (Å²) in [4.78, 5) is 24.6. The molecule has 2 aromatic rings. The van der Waals surface area contributed by atoms with E-state index in [1.165, 1.54) is 37.4 Å². The van der Waals surface area contributed by atoms with Crippen LogP contribution in [0.15, 0.2) is 29.4 Å². The van der Waals surface area contributed by atoms with Gasteiger partial charge in [-0.05, 0) is 63.3 Å². The number of ketones is 1. The maximum absolute atomic E-state index is 12.9. The topological polar surface area (TPSA) is 76.9 Å². The predicted octanol–water partition coefficient (Wildman–Crippen LogP) is 4.59. The molecule has 148 valence electrons. The van der Waals surface area contributed by atoms with Gasteiger partial charge in [0.25, 0.3) is 0 Å². The molecule has 0 radical (unpaired) electrons. The van der Waals surface area contributed by atoms with Crippen molar-refractivity contribution in [2.45, 2.75) is 74.7 Å². The van der Waals surface area contributed by atoms with Crippen molar-refractivity contribution in [2.24, 2.45) is 0 Å². The maximum Gasteiger partial charge on any atom is 0.224 e. The van der Waals surface area contributed by atoms with E-state index in [1.807, 2.05) is 13.8 Å². The lowest BCUT2D eigenvalue weighted by Gasteiger charge is -2.13. The van der Waals surface area contributed by atoms with Crippen molar-refractivity contribution >= 4 is 29.1 Å². The van der Waals surface area contributed by atoms with Crippen molar-refractivity contribution in [1.29, 1.82) is 0 Å². The van der Waals surface area contributed by atoms with E-state index >= 15 is 0 Å². The standard InChI is InChI=1S/C21H26N4O2S/c1-3-4-18(26)22-16-9-7-14(8-10-16)19(27)13(2)28-21-24-23-20(15-5-6-15)25(21)17-11-12-17/h7-10,13,15,17H,3-6,11-12H2,1-2H3,(H,22,26). The highest BCUT2D eigenvalue weighted by atomic mass is 32.2. The van der Waals surface area contributed by atoms with Crippen molar-refractivity contribution in [3.8, 4) is 0 Å². The fourth-order valence-corrected chi connectivity index (χ4v) is 4.28. The Morgan fingerprint density at radius 2 is 1.89 bits per heavy atom. The zero-order valence-electron chi connectivity index (χ0n) is 16.4. The number of carbonyl (C=O) groups excluding carboxylic acids is 2. The number of Topliss-reactive ketones (excluding diaryl/α,β-unsaturated/α-hetero) is 1. The monoisotopic (exact) mass is 398 g/mol. The van der Waals surface area contributed by atoms with Gasteiger partial charge in [-0.1, -0.05) is 18.7 Å². The van der Waals surface area contributed by atoms with Gasteiger partial charge in [-0.3, -0.25) is 9.59 Å². The summed E-state index contributed by atoms with van der Waals surface area (Å²) in [5.74, 6) is 1.73. The molecule has 1 amide bonds. The minimum absolute atomic E-state index is 0.00335. The number of anilines is 1. The number of aromatic nitrogens is 3. The first-order valence-electron chi connectivity index (χ1n) is 10.1. The summed E-state index contributed by atoms with van der Waals surface area (Å²) in [7, 11) is 0. The SMILES string of the molecule is CCCC(=O)Nc1ccc(C(=O)C(C)Sc2nnc(C3CC3)n2C2CC2)cc1. The molecule has 2 aliphatic rings. The van der Waals surface area contributed by atoms with Crippen molar-refractivity contribution < 1.29 is 9.59 Å². The fraction of sp³-hybridized carbons (Fsp3) is 0.524. The predicted molar refractivity (Wildman–Crippen MR) is 110 cm³/mol. The van der Waals surface area contributed by atoms with Gasteiger partial charge >= 0.3 is 0 Å². The number of hydrogen-bond donors (Lipinski definition) is 1. The summed E-state index contributed by atoms with van der Waals surface area (Å²) in [5.41, 5.74) is 1.37. The Kier molecular flexibility index (Phi) is 5.53. The van der Waals surface area contributed by atoms with Crippen molar-refractivity contribution in [2.75, 3.05) is 5.32 Å². The average molecular weight is 399 g/mol. The van der Waals surface area contributed by atoms with E-state index in [-0.39, 0.29) is 16.9 Å². The smallest absolute Gasteiger partial charge is 0.224 e. The van der Waals surface area contributed by atoms with Crippen LogP contribution >= 0.6 is 11.8 Å².